The molecule has 0 saturated heterocycles. The summed E-state index contributed by atoms with van der Waals surface area (Å²) in [7, 11) is 0. The quantitative estimate of drug-likeness (QED) is 0.0261. The Hall–Kier alpha value is -4.19. The molecule has 0 amide bonds. The Labute approximate surface area is 456 Å². The minimum Gasteiger partial charge on any atom is -0.462 e. The van der Waals surface area contributed by atoms with E-state index in [1.165, 1.54) is 89.9 Å². The van der Waals surface area contributed by atoms with E-state index in [1.807, 2.05) is 0 Å². The van der Waals surface area contributed by atoms with E-state index in [0.29, 0.717) is 19.3 Å². The summed E-state index contributed by atoms with van der Waals surface area (Å²) in [5.74, 6) is -0.916. The molecule has 0 spiro atoms. The maximum Gasteiger partial charge on any atom is 0.306 e. The molecule has 0 heterocycles. The highest BCUT2D eigenvalue weighted by Crippen LogP contribution is 2.14. The Morgan fingerprint density at radius 3 is 0.838 bits per heavy atom. The molecule has 0 bridgehead atoms. The number of unbranched alkanes of at least 4 members (excludes halogenated alkanes) is 23. The van der Waals surface area contributed by atoms with E-state index in [2.05, 4.69) is 142 Å². The molecule has 0 aromatic carbocycles. The predicted octanol–water partition coefficient (Wildman–Crippen LogP) is 20.8. The smallest absolute Gasteiger partial charge is 0.306 e. The number of esters is 3. The standard InChI is InChI=1S/C68H112O6/c1-4-7-10-13-16-18-20-22-24-26-27-28-29-30-31-32-33-34-35-36-37-38-39-40-41-42-44-45-47-49-52-55-58-61-67(70)73-64-65(63-72-66(69)60-57-54-51-15-12-9-6-3)74-68(71)62-59-56-53-50-48-46-43-25-23-21-19-17-14-11-8-5-2/h7,10,16,18-19,21-22,24-25,27-28,30-31,33-34,36-37,39-40,43,65H,4-6,8-9,11-15,17,20,23,26,29,32,35,38,41-42,44-64H2,1-3H3/b10-7-,18-16-,21-19-,24-22-,28-27-,31-30-,34-33-,37-36-,40-39-,43-25-. The molecule has 0 N–H and O–H groups in total. The van der Waals surface area contributed by atoms with E-state index in [-0.39, 0.29) is 31.1 Å². The fourth-order valence-corrected chi connectivity index (χ4v) is 8.13. The van der Waals surface area contributed by atoms with Crippen molar-refractivity contribution < 1.29 is 28.6 Å². The zero-order valence-electron chi connectivity index (χ0n) is 48.1. The molecule has 74 heavy (non-hydrogen) atoms. The fraction of sp³-hybridized carbons (Fsp3) is 0.662. The molecular weight excluding hydrogens is 913 g/mol. The Morgan fingerprint density at radius 2 is 0.527 bits per heavy atom. The Kier molecular flexibility index (Phi) is 57.9. The van der Waals surface area contributed by atoms with E-state index in [0.717, 1.165) is 141 Å². The summed E-state index contributed by atoms with van der Waals surface area (Å²) in [6.45, 7) is 6.45. The Balaban J connectivity index is 4.16. The minimum atomic E-state index is -0.788. The summed E-state index contributed by atoms with van der Waals surface area (Å²) >= 11 is 0. The van der Waals surface area contributed by atoms with E-state index in [4.69, 9.17) is 14.2 Å². The number of ether oxygens (including phenoxy) is 3. The summed E-state index contributed by atoms with van der Waals surface area (Å²) in [4.78, 5) is 38.0. The third-order valence-corrected chi connectivity index (χ3v) is 12.7. The molecule has 1 unspecified atom stereocenters. The van der Waals surface area contributed by atoms with E-state index in [1.54, 1.807) is 0 Å². The third-order valence-electron chi connectivity index (χ3n) is 12.7. The summed E-state index contributed by atoms with van der Waals surface area (Å²) in [5, 5.41) is 0. The first kappa shape index (κ1) is 69.8. The maximum absolute atomic E-state index is 12.8. The van der Waals surface area contributed by atoms with Gasteiger partial charge in [0.1, 0.15) is 13.2 Å². The van der Waals surface area contributed by atoms with Gasteiger partial charge in [-0.1, -0.05) is 258 Å². The number of rotatable bonds is 54. The molecule has 0 aliphatic rings. The van der Waals surface area contributed by atoms with Crippen LogP contribution in [0.25, 0.3) is 0 Å². The molecule has 420 valence electrons. The molecule has 0 saturated carbocycles. The largest absolute Gasteiger partial charge is 0.462 e. The number of hydrogen-bond donors (Lipinski definition) is 0. The average molecular weight is 1030 g/mol. The highest BCUT2D eigenvalue weighted by Gasteiger charge is 2.19. The van der Waals surface area contributed by atoms with Crippen molar-refractivity contribution in [1.29, 1.82) is 0 Å². The molecule has 6 heteroatoms. The summed E-state index contributed by atoms with van der Waals surface area (Å²) < 4.78 is 16.8. The lowest BCUT2D eigenvalue weighted by molar-refractivity contribution is -0.167. The molecule has 0 aromatic rings. The predicted molar refractivity (Wildman–Crippen MR) is 320 cm³/mol. The van der Waals surface area contributed by atoms with Gasteiger partial charge in [0.25, 0.3) is 0 Å². The number of carbonyl (C=O) groups is 3. The zero-order valence-corrected chi connectivity index (χ0v) is 48.1. The van der Waals surface area contributed by atoms with Crippen LogP contribution in [0.4, 0.5) is 0 Å². The van der Waals surface area contributed by atoms with Crippen molar-refractivity contribution in [2.45, 2.75) is 277 Å². The van der Waals surface area contributed by atoms with Crippen molar-refractivity contribution in [2.24, 2.45) is 0 Å². The fourth-order valence-electron chi connectivity index (χ4n) is 8.13. The molecule has 1 atom stereocenters. The molecule has 0 radical (unpaired) electrons. The van der Waals surface area contributed by atoms with Crippen LogP contribution in [-0.4, -0.2) is 37.2 Å². The normalized spacial score (nSPS) is 13.0. The third kappa shape index (κ3) is 58.7. The van der Waals surface area contributed by atoms with Gasteiger partial charge in [-0.2, -0.15) is 0 Å². The highest BCUT2D eigenvalue weighted by atomic mass is 16.6. The van der Waals surface area contributed by atoms with Crippen molar-refractivity contribution in [3.05, 3.63) is 122 Å². The van der Waals surface area contributed by atoms with Gasteiger partial charge in [0, 0.05) is 19.3 Å². The van der Waals surface area contributed by atoms with E-state index < -0.39 is 6.10 Å². The molecular formula is C68H112O6. The van der Waals surface area contributed by atoms with Crippen LogP contribution in [0.15, 0.2) is 122 Å². The van der Waals surface area contributed by atoms with Gasteiger partial charge in [0.05, 0.1) is 0 Å². The first-order valence-corrected chi connectivity index (χ1v) is 30.5. The van der Waals surface area contributed by atoms with Gasteiger partial charge in [0.2, 0.25) is 0 Å². The lowest BCUT2D eigenvalue weighted by atomic mass is 10.1. The number of allylic oxidation sites excluding steroid dienone is 20. The van der Waals surface area contributed by atoms with Gasteiger partial charge in [-0.3, -0.25) is 14.4 Å². The Morgan fingerprint density at radius 1 is 0.284 bits per heavy atom. The average Bonchev–Trinajstić information content (AvgIpc) is 3.40. The van der Waals surface area contributed by atoms with Crippen LogP contribution in [0.1, 0.15) is 271 Å². The van der Waals surface area contributed by atoms with Crippen LogP contribution in [0.2, 0.25) is 0 Å². The van der Waals surface area contributed by atoms with Gasteiger partial charge in [-0.15, -0.1) is 0 Å². The monoisotopic (exact) mass is 1020 g/mol. The topological polar surface area (TPSA) is 78.9 Å². The molecule has 0 aromatic heterocycles. The van der Waals surface area contributed by atoms with Crippen LogP contribution < -0.4 is 0 Å². The van der Waals surface area contributed by atoms with E-state index in [9.17, 15) is 14.4 Å². The van der Waals surface area contributed by atoms with Crippen LogP contribution in [-0.2, 0) is 28.6 Å². The second-order valence-electron chi connectivity index (χ2n) is 19.9. The van der Waals surface area contributed by atoms with Crippen LogP contribution in [0.5, 0.6) is 0 Å². The summed E-state index contributed by atoms with van der Waals surface area (Å²) in [6.07, 6.45) is 85.1. The highest BCUT2D eigenvalue weighted by molar-refractivity contribution is 5.71. The lowest BCUT2D eigenvalue weighted by Crippen LogP contribution is -2.30. The van der Waals surface area contributed by atoms with Crippen LogP contribution >= 0.6 is 0 Å². The number of hydrogen-bond acceptors (Lipinski definition) is 6. The molecule has 0 aliphatic heterocycles. The molecule has 6 nitrogen and oxygen atoms in total. The van der Waals surface area contributed by atoms with Crippen LogP contribution in [0, 0.1) is 0 Å². The van der Waals surface area contributed by atoms with E-state index >= 15 is 0 Å². The minimum absolute atomic E-state index is 0.0867. The second kappa shape index (κ2) is 61.4. The first-order valence-electron chi connectivity index (χ1n) is 30.5. The van der Waals surface area contributed by atoms with Gasteiger partial charge >= 0.3 is 17.9 Å². The van der Waals surface area contributed by atoms with Gasteiger partial charge in [-0.05, 0) is 116 Å². The van der Waals surface area contributed by atoms with Crippen molar-refractivity contribution >= 4 is 17.9 Å². The van der Waals surface area contributed by atoms with Gasteiger partial charge < -0.3 is 14.2 Å². The summed E-state index contributed by atoms with van der Waals surface area (Å²) in [6, 6.07) is 0. The molecule has 0 fully saturated rings. The van der Waals surface area contributed by atoms with Crippen molar-refractivity contribution in [2.75, 3.05) is 13.2 Å². The first-order chi connectivity index (χ1) is 36.5. The van der Waals surface area contributed by atoms with Gasteiger partial charge in [-0.25, -0.2) is 0 Å². The summed E-state index contributed by atoms with van der Waals surface area (Å²) in [5.41, 5.74) is 0. The second-order valence-corrected chi connectivity index (χ2v) is 19.9. The lowest BCUT2D eigenvalue weighted by Gasteiger charge is -2.18. The van der Waals surface area contributed by atoms with Crippen molar-refractivity contribution in [3.8, 4) is 0 Å². The van der Waals surface area contributed by atoms with Crippen molar-refractivity contribution in [3.63, 3.8) is 0 Å². The number of carbonyl (C=O) groups excluding carboxylic acids is 3. The SMILES string of the molecule is CC/C=C\C/C=C\C/C=C\C/C=C\C/C=C\C/C=C\C/C=C\C/C=C\CCCCCCCCCCC(=O)OCC(COC(=O)CCCCCCCCC)OC(=O)CCCCCCC/C=C\C/C=C\CCCCCC. The maximum atomic E-state index is 12.8. The zero-order chi connectivity index (χ0) is 53.6. The van der Waals surface area contributed by atoms with Crippen molar-refractivity contribution in [1.82, 2.24) is 0 Å². The molecule has 0 rings (SSSR count). The Bertz CT molecular complexity index is 1550. The van der Waals surface area contributed by atoms with Crippen LogP contribution in [0.3, 0.4) is 0 Å². The van der Waals surface area contributed by atoms with Gasteiger partial charge in [0.15, 0.2) is 6.10 Å². The molecule has 0 aliphatic carbocycles.